The largest absolute Gasteiger partial charge is 0.379 e. The maximum absolute atomic E-state index is 12.0. The van der Waals surface area contributed by atoms with Gasteiger partial charge in [-0.3, -0.25) is 14.7 Å². The summed E-state index contributed by atoms with van der Waals surface area (Å²) in [6, 6.07) is 9.21. The van der Waals surface area contributed by atoms with Crippen molar-refractivity contribution in [1.29, 1.82) is 0 Å². The molecule has 1 aromatic rings. The van der Waals surface area contributed by atoms with Gasteiger partial charge in [0.15, 0.2) is 5.96 Å². The van der Waals surface area contributed by atoms with Gasteiger partial charge in [0.05, 0.1) is 13.2 Å². The Hall–Kier alpha value is -2.12. The molecule has 1 aliphatic rings. The number of guanidine groups is 1. The van der Waals surface area contributed by atoms with Crippen LogP contribution in [0.3, 0.4) is 0 Å². The molecule has 1 fully saturated rings. The van der Waals surface area contributed by atoms with E-state index in [0.29, 0.717) is 18.7 Å². The topological polar surface area (TPSA) is 78.0 Å². The molecule has 0 radical (unpaired) electrons. The Morgan fingerprint density at radius 1 is 1.12 bits per heavy atom. The number of carbonyl (C=O) groups excluding carboxylic acids is 1. The Morgan fingerprint density at radius 3 is 2.42 bits per heavy atom. The molecule has 0 atom stereocenters. The normalized spacial score (nSPS) is 16.2. The Labute approximate surface area is 156 Å². The van der Waals surface area contributed by atoms with E-state index >= 15 is 0 Å². The predicted octanol–water partition coefficient (Wildman–Crippen LogP) is 0.692. The highest BCUT2D eigenvalue weighted by Crippen LogP contribution is 2.14. The van der Waals surface area contributed by atoms with Crippen LogP contribution in [-0.2, 0) is 4.74 Å². The summed E-state index contributed by atoms with van der Waals surface area (Å²) < 4.78 is 5.43. The molecule has 1 amide bonds. The van der Waals surface area contributed by atoms with E-state index in [-0.39, 0.29) is 11.4 Å². The van der Waals surface area contributed by atoms with Gasteiger partial charge >= 0.3 is 0 Å². The van der Waals surface area contributed by atoms with Crippen LogP contribution in [0.15, 0.2) is 35.3 Å². The van der Waals surface area contributed by atoms with E-state index in [1.807, 2.05) is 18.2 Å². The lowest BCUT2D eigenvalue weighted by Crippen LogP contribution is -2.56. The van der Waals surface area contributed by atoms with Crippen LogP contribution >= 0.6 is 0 Å². The Morgan fingerprint density at radius 2 is 1.77 bits per heavy atom. The number of nitrogens with one attached hydrogen (secondary N) is 3. The predicted molar refractivity (Wildman–Crippen MR) is 105 cm³/mol. The number of ether oxygens (including phenoxy) is 1. The van der Waals surface area contributed by atoms with Crippen molar-refractivity contribution in [2.75, 3.05) is 53.0 Å². The molecule has 7 nitrogen and oxygen atoms in total. The summed E-state index contributed by atoms with van der Waals surface area (Å²) in [5, 5.41) is 9.50. The SMILES string of the molecule is CN=C(NCCNC(=O)c1ccccc1)NCC(C)(C)N1CCOCC1. The van der Waals surface area contributed by atoms with Gasteiger partial charge in [0.2, 0.25) is 0 Å². The van der Waals surface area contributed by atoms with Crippen LogP contribution in [0, 0.1) is 0 Å². The van der Waals surface area contributed by atoms with Crippen molar-refractivity contribution in [3.05, 3.63) is 35.9 Å². The molecule has 0 aromatic heterocycles. The lowest BCUT2D eigenvalue weighted by atomic mass is 10.0. The van der Waals surface area contributed by atoms with Gasteiger partial charge in [-0.1, -0.05) is 18.2 Å². The van der Waals surface area contributed by atoms with Gasteiger partial charge in [0.1, 0.15) is 0 Å². The lowest BCUT2D eigenvalue weighted by Gasteiger charge is -2.41. The first-order valence-electron chi connectivity index (χ1n) is 9.13. The molecule has 0 saturated carbocycles. The Bertz CT molecular complexity index is 583. The second-order valence-electron chi connectivity index (χ2n) is 6.89. The highest BCUT2D eigenvalue weighted by atomic mass is 16.5. The second-order valence-corrected chi connectivity index (χ2v) is 6.89. The zero-order valence-corrected chi connectivity index (χ0v) is 16.0. The zero-order valence-electron chi connectivity index (χ0n) is 16.0. The van der Waals surface area contributed by atoms with Gasteiger partial charge in [-0.15, -0.1) is 0 Å². The van der Waals surface area contributed by atoms with Gasteiger partial charge in [-0.05, 0) is 26.0 Å². The second kappa shape index (κ2) is 10.1. The number of morpholine rings is 1. The van der Waals surface area contributed by atoms with E-state index in [1.165, 1.54) is 0 Å². The Kier molecular flexibility index (Phi) is 7.87. The first-order chi connectivity index (χ1) is 12.5. The fraction of sp³-hybridized carbons (Fsp3) is 0.579. The number of hydrogen-bond donors (Lipinski definition) is 3. The van der Waals surface area contributed by atoms with Crippen LogP contribution in [0.5, 0.6) is 0 Å². The molecule has 26 heavy (non-hydrogen) atoms. The number of hydrogen-bond acceptors (Lipinski definition) is 4. The number of aliphatic imine (C=N–C) groups is 1. The highest BCUT2D eigenvalue weighted by molar-refractivity contribution is 5.94. The quantitative estimate of drug-likeness (QED) is 0.378. The van der Waals surface area contributed by atoms with E-state index in [4.69, 9.17) is 4.74 Å². The molecule has 144 valence electrons. The number of benzene rings is 1. The van der Waals surface area contributed by atoms with Crippen LogP contribution in [0.4, 0.5) is 0 Å². The molecule has 0 aliphatic carbocycles. The van der Waals surface area contributed by atoms with Gasteiger partial charge in [0, 0.05) is 50.9 Å². The fourth-order valence-corrected chi connectivity index (χ4v) is 2.85. The first kappa shape index (κ1) is 20.2. The van der Waals surface area contributed by atoms with Crippen LogP contribution < -0.4 is 16.0 Å². The van der Waals surface area contributed by atoms with Crippen molar-refractivity contribution >= 4 is 11.9 Å². The third-order valence-corrected chi connectivity index (χ3v) is 4.52. The van der Waals surface area contributed by atoms with E-state index in [9.17, 15) is 4.79 Å². The molecule has 1 heterocycles. The summed E-state index contributed by atoms with van der Waals surface area (Å²) in [6.07, 6.45) is 0. The van der Waals surface area contributed by atoms with Crippen molar-refractivity contribution in [2.24, 2.45) is 4.99 Å². The molecule has 0 spiro atoms. The minimum absolute atomic E-state index is 0.0168. The van der Waals surface area contributed by atoms with Crippen LogP contribution in [0.25, 0.3) is 0 Å². The first-order valence-corrected chi connectivity index (χ1v) is 9.13. The molecule has 0 bridgehead atoms. The van der Waals surface area contributed by atoms with E-state index in [1.54, 1.807) is 19.2 Å². The molecule has 3 N–H and O–H groups in total. The molecule has 1 aliphatic heterocycles. The highest BCUT2D eigenvalue weighted by Gasteiger charge is 2.28. The molecule has 2 rings (SSSR count). The fourth-order valence-electron chi connectivity index (χ4n) is 2.85. The standard InChI is InChI=1S/C19H31N5O2/c1-19(2,24-11-13-26-14-12-24)15-23-18(20-3)22-10-9-21-17(25)16-7-5-4-6-8-16/h4-8H,9-15H2,1-3H3,(H,21,25)(H2,20,22,23). The smallest absolute Gasteiger partial charge is 0.251 e. The zero-order chi connectivity index (χ0) is 18.8. The number of rotatable bonds is 7. The van der Waals surface area contributed by atoms with Crippen molar-refractivity contribution in [3.8, 4) is 0 Å². The number of carbonyl (C=O) groups is 1. The van der Waals surface area contributed by atoms with E-state index < -0.39 is 0 Å². The third-order valence-electron chi connectivity index (χ3n) is 4.52. The van der Waals surface area contributed by atoms with Gasteiger partial charge in [-0.25, -0.2) is 0 Å². The molecular weight excluding hydrogens is 330 g/mol. The lowest BCUT2D eigenvalue weighted by molar-refractivity contribution is -0.00833. The summed E-state index contributed by atoms with van der Waals surface area (Å²) in [5.41, 5.74) is 0.686. The molecule has 1 saturated heterocycles. The summed E-state index contributed by atoms with van der Waals surface area (Å²) in [5.74, 6) is 0.670. The summed E-state index contributed by atoms with van der Waals surface area (Å²) >= 11 is 0. The molecule has 1 aromatic carbocycles. The molecule has 7 heteroatoms. The van der Waals surface area contributed by atoms with E-state index in [0.717, 1.165) is 38.8 Å². The summed E-state index contributed by atoms with van der Waals surface area (Å²) in [6.45, 7) is 9.84. The number of amides is 1. The minimum Gasteiger partial charge on any atom is -0.379 e. The van der Waals surface area contributed by atoms with Crippen LogP contribution in [-0.4, -0.2) is 75.3 Å². The molecular formula is C19H31N5O2. The van der Waals surface area contributed by atoms with Gasteiger partial charge < -0.3 is 20.7 Å². The van der Waals surface area contributed by atoms with Crippen LogP contribution in [0.2, 0.25) is 0 Å². The minimum atomic E-state index is -0.0659. The maximum atomic E-state index is 12.0. The van der Waals surface area contributed by atoms with E-state index in [2.05, 4.69) is 39.7 Å². The summed E-state index contributed by atoms with van der Waals surface area (Å²) in [4.78, 5) is 18.7. The summed E-state index contributed by atoms with van der Waals surface area (Å²) in [7, 11) is 1.75. The van der Waals surface area contributed by atoms with Crippen molar-refractivity contribution in [2.45, 2.75) is 19.4 Å². The van der Waals surface area contributed by atoms with Gasteiger partial charge in [0.25, 0.3) is 5.91 Å². The third kappa shape index (κ3) is 6.31. The van der Waals surface area contributed by atoms with Crippen molar-refractivity contribution in [1.82, 2.24) is 20.9 Å². The average Bonchev–Trinajstić information content (AvgIpc) is 2.68. The number of nitrogens with zero attached hydrogens (tertiary/aromatic N) is 2. The van der Waals surface area contributed by atoms with Crippen LogP contribution in [0.1, 0.15) is 24.2 Å². The average molecular weight is 361 g/mol. The molecule has 0 unspecified atom stereocenters. The van der Waals surface area contributed by atoms with Gasteiger partial charge in [-0.2, -0.15) is 0 Å². The Balaban J connectivity index is 1.68. The monoisotopic (exact) mass is 361 g/mol. The van der Waals surface area contributed by atoms with Crippen molar-refractivity contribution in [3.63, 3.8) is 0 Å². The van der Waals surface area contributed by atoms with Crippen molar-refractivity contribution < 1.29 is 9.53 Å². The maximum Gasteiger partial charge on any atom is 0.251 e.